The van der Waals surface area contributed by atoms with Crippen molar-refractivity contribution < 1.29 is 0 Å². The van der Waals surface area contributed by atoms with Crippen molar-refractivity contribution in [3.63, 3.8) is 0 Å². The van der Waals surface area contributed by atoms with Gasteiger partial charge in [-0.2, -0.15) is 0 Å². The van der Waals surface area contributed by atoms with Gasteiger partial charge in [-0.05, 0) is 31.2 Å². The molecule has 1 saturated heterocycles. The summed E-state index contributed by atoms with van der Waals surface area (Å²) in [6, 6.07) is 11.9. The highest BCUT2D eigenvalue weighted by Crippen LogP contribution is 2.27. The van der Waals surface area contributed by atoms with Crippen molar-refractivity contribution in [3.05, 3.63) is 35.9 Å². The fraction of sp³-hybridized carbons (Fsp3) is 0.647. The van der Waals surface area contributed by atoms with Gasteiger partial charge in [0.25, 0.3) is 0 Å². The molecule has 0 amide bonds. The Morgan fingerprint density at radius 2 is 1.75 bits per heavy atom. The van der Waals surface area contributed by atoms with Crippen LogP contribution in [0.3, 0.4) is 0 Å². The third-order valence-corrected chi connectivity index (χ3v) is 4.61. The third-order valence-electron chi connectivity index (χ3n) is 4.61. The molecule has 110 valence electrons. The number of benzene rings is 1. The molecule has 1 aromatic carbocycles. The molecule has 0 radical (unpaired) electrons. The number of nitrogens with two attached hydrogens (primary N) is 1. The minimum absolute atomic E-state index is 0.308. The van der Waals surface area contributed by atoms with Gasteiger partial charge in [0.1, 0.15) is 0 Å². The lowest BCUT2D eigenvalue weighted by molar-refractivity contribution is 0.120. The van der Waals surface area contributed by atoms with Gasteiger partial charge in [0.05, 0.1) is 0 Å². The van der Waals surface area contributed by atoms with E-state index < -0.39 is 0 Å². The number of hydrogen-bond acceptors (Lipinski definition) is 3. The number of aryl methyl sites for hydroxylation is 1. The lowest BCUT2D eigenvalue weighted by atomic mass is 10.1. The number of rotatable bonds is 6. The molecule has 3 rings (SSSR count). The zero-order valence-electron chi connectivity index (χ0n) is 12.4. The van der Waals surface area contributed by atoms with Crippen molar-refractivity contribution in [2.45, 2.75) is 37.8 Å². The monoisotopic (exact) mass is 273 g/mol. The molecular weight excluding hydrogens is 246 g/mol. The van der Waals surface area contributed by atoms with Crippen LogP contribution < -0.4 is 5.73 Å². The highest BCUT2D eigenvalue weighted by atomic mass is 15.3. The molecule has 0 aromatic heterocycles. The topological polar surface area (TPSA) is 32.5 Å². The minimum Gasteiger partial charge on any atom is -0.327 e. The van der Waals surface area contributed by atoms with Gasteiger partial charge in [-0.15, -0.1) is 0 Å². The highest BCUT2D eigenvalue weighted by molar-refractivity contribution is 5.14. The maximum atomic E-state index is 6.30. The Kier molecular flexibility index (Phi) is 4.71. The fourth-order valence-electron chi connectivity index (χ4n) is 3.17. The molecule has 2 aliphatic rings. The van der Waals surface area contributed by atoms with Crippen LogP contribution in [0.5, 0.6) is 0 Å². The zero-order chi connectivity index (χ0) is 13.8. The van der Waals surface area contributed by atoms with Gasteiger partial charge in [0.2, 0.25) is 0 Å². The highest BCUT2D eigenvalue weighted by Gasteiger charge is 2.31. The molecule has 1 unspecified atom stereocenters. The number of hydrogen-bond donors (Lipinski definition) is 1. The predicted octanol–water partition coefficient (Wildman–Crippen LogP) is 1.73. The van der Waals surface area contributed by atoms with Gasteiger partial charge in [0, 0.05) is 44.8 Å². The van der Waals surface area contributed by atoms with E-state index in [2.05, 4.69) is 40.1 Å². The molecule has 1 aliphatic heterocycles. The molecule has 0 bridgehead atoms. The number of nitrogens with zero attached hydrogens (tertiary/aromatic N) is 2. The van der Waals surface area contributed by atoms with Crippen LogP contribution in [0.1, 0.15) is 24.8 Å². The molecule has 1 aromatic rings. The molecule has 3 nitrogen and oxygen atoms in total. The van der Waals surface area contributed by atoms with Crippen molar-refractivity contribution in [2.75, 3.05) is 32.7 Å². The van der Waals surface area contributed by atoms with Gasteiger partial charge in [0.15, 0.2) is 0 Å². The van der Waals surface area contributed by atoms with E-state index in [1.807, 2.05) is 0 Å². The third kappa shape index (κ3) is 4.05. The standard InChI is InChI=1S/C17H27N3/c18-16(7-6-15-4-2-1-3-5-15)14-19-10-12-20(13-11-19)17-8-9-17/h1-5,16-17H,6-14,18H2. The Labute approximate surface area is 122 Å². The quantitative estimate of drug-likeness (QED) is 0.857. The Balaban J connectivity index is 1.35. The van der Waals surface area contributed by atoms with Crippen molar-refractivity contribution in [3.8, 4) is 0 Å². The smallest absolute Gasteiger partial charge is 0.0171 e. The lowest BCUT2D eigenvalue weighted by Gasteiger charge is -2.36. The first-order chi connectivity index (χ1) is 9.81. The molecule has 2 fully saturated rings. The second kappa shape index (κ2) is 6.70. The minimum atomic E-state index is 0.308. The van der Waals surface area contributed by atoms with Crippen LogP contribution in [0.4, 0.5) is 0 Å². The average molecular weight is 273 g/mol. The molecule has 20 heavy (non-hydrogen) atoms. The van der Waals surface area contributed by atoms with E-state index in [4.69, 9.17) is 5.73 Å². The summed E-state index contributed by atoms with van der Waals surface area (Å²) in [6.45, 7) is 5.96. The Hall–Kier alpha value is -0.900. The van der Waals surface area contributed by atoms with Crippen LogP contribution in [-0.4, -0.2) is 54.6 Å². The van der Waals surface area contributed by atoms with Crippen LogP contribution in [-0.2, 0) is 6.42 Å². The summed E-state index contributed by atoms with van der Waals surface area (Å²) in [5.74, 6) is 0. The first kappa shape index (κ1) is 14.1. The summed E-state index contributed by atoms with van der Waals surface area (Å²) in [5, 5.41) is 0. The maximum absolute atomic E-state index is 6.30. The summed E-state index contributed by atoms with van der Waals surface area (Å²) in [6.07, 6.45) is 5.05. The Morgan fingerprint density at radius 3 is 2.40 bits per heavy atom. The van der Waals surface area contributed by atoms with E-state index in [1.165, 1.54) is 44.6 Å². The average Bonchev–Trinajstić information content (AvgIpc) is 3.32. The first-order valence-corrected chi connectivity index (χ1v) is 8.07. The SMILES string of the molecule is NC(CCc1ccccc1)CN1CCN(C2CC2)CC1. The molecule has 1 atom stereocenters. The normalized spacial score (nSPS) is 22.9. The predicted molar refractivity (Wildman–Crippen MR) is 83.8 cm³/mol. The molecule has 1 aliphatic carbocycles. The van der Waals surface area contributed by atoms with E-state index >= 15 is 0 Å². The molecular formula is C17H27N3. The molecule has 2 N–H and O–H groups in total. The van der Waals surface area contributed by atoms with Gasteiger partial charge in [-0.25, -0.2) is 0 Å². The van der Waals surface area contributed by atoms with Crippen molar-refractivity contribution in [1.29, 1.82) is 0 Å². The maximum Gasteiger partial charge on any atom is 0.0171 e. The van der Waals surface area contributed by atoms with E-state index in [9.17, 15) is 0 Å². The van der Waals surface area contributed by atoms with Crippen LogP contribution in [0.15, 0.2) is 30.3 Å². The fourth-order valence-corrected chi connectivity index (χ4v) is 3.17. The zero-order valence-corrected chi connectivity index (χ0v) is 12.4. The summed E-state index contributed by atoms with van der Waals surface area (Å²) in [7, 11) is 0. The van der Waals surface area contributed by atoms with Gasteiger partial charge in [-0.1, -0.05) is 30.3 Å². The molecule has 1 saturated carbocycles. The van der Waals surface area contributed by atoms with Gasteiger partial charge < -0.3 is 5.73 Å². The Bertz CT molecular complexity index is 394. The van der Waals surface area contributed by atoms with Gasteiger partial charge in [-0.3, -0.25) is 9.80 Å². The van der Waals surface area contributed by atoms with E-state index in [0.717, 1.165) is 25.4 Å². The van der Waals surface area contributed by atoms with Crippen molar-refractivity contribution in [2.24, 2.45) is 5.73 Å². The van der Waals surface area contributed by atoms with Crippen LogP contribution in [0.25, 0.3) is 0 Å². The largest absolute Gasteiger partial charge is 0.327 e. The van der Waals surface area contributed by atoms with Crippen molar-refractivity contribution in [1.82, 2.24) is 9.80 Å². The number of piperazine rings is 1. The molecule has 1 heterocycles. The first-order valence-electron chi connectivity index (χ1n) is 8.07. The lowest BCUT2D eigenvalue weighted by Crippen LogP contribution is -2.50. The summed E-state index contributed by atoms with van der Waals surface area (Å²) in [4.78, 5) is 5.21. The van der Waals surface area contributed by atoms with Gasteiger partial charge >= 0.3 is 0 Å². The second-order valence-corrected chi connectivity index (χ2v) is 6.35. The summed E-state index contributed by atoms with van der Waals surface area (Å²) < 4.78 is 0. The van der Waals surface area contributed by atoms with Crippen LogP contribution >= 0.6 is 0 Å². The Morgan fingerprint density at radius 1 is 1.05 bits per heavy atom. The van der Waals surface area contributed by atoms with Crippen molar-refractivity contribution >= 4 is 0 Å². The van der Waals surface area contributed by atoms with E-state index in [-0.39, 0.29) is 0 Å². The van der Waals surface area contributed by atoms with Crippen LogP contribution in [0.2, 0.25) is 0 Å². The van der Waals surface area contributed by atoms with E-state index in [0.29, 0.717) is 6.04 Å². The summed E-state index contributed by atoms with van der Waals surface area (Å²) >= 11 is 0. The summed E-state index contributed by atoms with van der Waals surface area (Å²) in [5.41, 5.74) is 7.71. The van der Waals surface area contributed by atoms with Crippen LogP contribution in [0, 0.1) is 0 Å². The molecule has 0 spiro atoms. The second-order valence-electron chi connectivity index (χ2n) is 6.35. The molecule has 3 heteroatoms. The van der Waals surface area contributed by atoms with E-state index in [1.54, 1.807) is 0 Å².